The lowest BCUT2D eigenvalue weighted by Crippen LogP contribution is -2.41. The molecular formula is C19H23NO2S. The van der Waals surface area contributed by atoms with E-state index in [-0.39, 0.29) is 11.3 Å². The van der Waals surface area contributed by atoms with Crippen molar-refractivity contribution in [2.24, 2.45) is 0 Å². The van der Waals surface area contributed by atoms with Gasteiger partial charge in [-0.3, -0.25) is 4.79 Å². The first-order valence-electron chi connectivity index (χ1n) is 8.18. The van der Waals surface area contributed by atoms with Crippen molar-refractivity contribution in [1.29, 1.82) is 0 Å². The highest BCUT2D eigenvalue weighted by atomic mass is 32.1. The van der Waals surface area contributed by atoms with Gasteiger partial charge in [0.2, 0.25) is 5.91 Å². The molecule has 122 valence electrons. The lowest BCUT2D eigenvalue weighted by Gasteiger charge is -2.35. The van der Waals surface area contributed by atoms with Gasteiger partial charge in [0.05, 0.1) is 12.0 Å². The molecule has 1 amide bonds. The second-order valence-corrected chi connectivity index (χ2v) is 7.16. The standard InChI is InChI=1S/C19H23NO2S/c1-22-14-15-7-5-8-16(13-15)20-18(21)19(10-3-2-4-11-19)17-9-6-12-23-17/h5-9,12-13H,2-4,10-11,14H2,1H3,(H,20,21). The van der Waals surface area contributed by atoms with Gasteiger partial charge in [0.15, 0.2) is 0 Å². The van der Waals surface area contributed by atoms with E-state index in [1.807, 2.05) is 30.3 Å². The normalized spacial score (nSPS) is 16.9. The molecule has 1 aliphatic rings. The fraction of sp³-hybridized carbons (Fsp3) is 0.421. The van der Waals surface area contributed by atoms with Crippen LogP contribution < -0.4 is 5.32 Å². The largest absolute Gasteiger partial charge is 0.380 e. The number of nitrogens with one attached hydrogen (secondary N) is 1. The summed E-state index contributed by atoms with van der Waals surface area (Å²) in [5, 5.41) is 5.22. The summed E-state index contributed by atoms with van der Waals surface area (Å²) >= 11 is 1.70. The number of carbonyl (C=O) groups excluding carboxylic acids is 1. The van der Waals surface area contributed by atoms with Gasteiger partial charge in [-0.15, -0.1) is 11.3 Å². The van der Waals surface area contributed by atoms with Crippen LogP contribution in [-0.2, 0) is 21.6 Å². The molecule has 1 heterocycles. The summed E-state index contributed by atoms with van der Waals surface area (Å²) in [6.07, 6.45) is 5.35. The van der Waals surface area contributed by atoms with Gasteiger partial charge in [0.1, 0.15) is 0 Å². The summed E-state index contributed by atoms with van der Waals surface area (Å²) in [6.45, 7) is 0.555. The Kier molecular flexibility index (Phi) is 5.13. The fourth-order valence-electron chi connectivity index (χ4n) is 3.45. The minimum absolute atomic E-state index is 0.134. The summed E-state index contributed by atoms with van der Waals surface area (Å²) in [6, 6.07) is 12.1. The van der Waals surface area contributed by atoms with E-state index in [2.05, 4.69) is 16.8 Å². The predicted molar refractivity (Wildman–Crippen MR) is 94.9 cm³/mol. The van der Waals surface area contributed by atoms with Crippen LogP contribution in [0.3, 0.4) is 0 Å². The lowest BCUT2D eigenvalue weighted by molar-refractivity contribution is -0.122. The number of benzene rings is 1. The highest BCUT2D eigenvalue weighted by Gasteiger charge is 2.41. The Morgan fingerprint density at radius 2 is 2.04 bits per heavy atom. The molecule has 0 bridgehead atoms. The predicted octanol–water partition coefficient (Wildman–Crippen LogP) is 4.74. The van der Waals surface area contributed by atoms with Crippen molar-refractivity contribution in [3.05, 3.63) is 52.2 Å². The van der Waals surface area contributed by atoms with Crippen LogP contribution in [0, 0.1) is 0 Å². The summed E-state index contributed by atoms with van der Waals surface area (Å²) in [4.78, 5) is 14.3. The number of anilines is 1. The van der Waals surface area contributed by atoms with Gasteiger partial charge < -0.3 is 10.1 Å². The Morgan fingerprint density at radius 3 is 2.74 bits per heavy atom. The molecule has 1 fully saturated rings. The molecule has 2 aromatic rings. The molecule has 0 saturated heterocycles. The zero-order valence-electron chi connectivity index (χ0n) is 13.5. The Balaban J connectivity index is 1.83. The minimum Gasteiger partial charge on any atom is -0.380 e. The van der Waals surface area contributed by atoms with E-state index in [1.54, 1.807) is 18.4 Å². The van der Waals surface area contributed by atoms with Gasteiger partial charge in [-0.25, -0.2) is 0 Å². The van der Waals surface area contributed by atoms with E-state index in [9.17, 15) is 4.79 Å². The molecule has 1 aromatic heterocycles. The summed E-state index contributed by atoms with van der Waals surface area (Å²) in [7, 11) is 1.68. The van der Waals surface area contributed by atoms with Crippen molar-refractivity contribution in [3.63, 3.8) is 0 Å². The van der Waals surface area contributed by atoms with Crippen molar-refractivity contribution in [2.75, 3.05) is 12.4 Å². The fourth-order valence-corrected chi connectivity index (χ4v) is 4.43. The Hall–Kier alpha value is -1.65. The third kappa shape index (κ3) is 3.48. The van der Waals surface area contributed by atoms with Crippen LogP contribution in [0.4, 0.5) is 5.69 Å². The molecule has 0 aliphatic heterocycles. The van der Waals surface area contributed by atoms with E-state index < -0.39 is 0 Å². The monoisotopic (exact) mass is 329 g/mol. The molecule has 3 nitrogen and oxygen atoms in total. The average Bonchev–Trinajstić information content (AvgIpc) is 3.11. The second-order valence-electron chi connectivity index (χ2n) is 6.21. The molecule has 0 spiro atoms. The SMILES string of the molecule is COCc1cccc(NC(=O)C2(c3cccs3)CCCCC2)c1. The van der Waals surface area contributed by atoms with Crippen molar-refractivity contribution in [1.82, 2.24) is 0 Å². The molecule has 1 aromatic carbocycles. The van der Waals surface area contributed by atoms with Crippen LogP contribution in [0.15, 0.2) is 41.8 Å². The van der Waals surface area contributed by atoms with E-state index in [0.29, 0.717) is 6.61 Å². The van der Waals surface area contributed by atoms with E-state index in [0.717, 1.165) is 36.9 Å². The van der Waals surface area contributed by atoms with Crippen LogP contribution in [0.1, 0.15) is 42.5 Å². The number of amides is 1. The van der Waals surface area contributed by atoms with Gasteiger partial charge in [-0.05, 0) is 42.0 Å². The molecule has 1 saturated carbocycles. The highest BCUT2D eigenvalue weighted by molar-refractivity contribution is 7.10. The maximum Gasteiger partial charge on any atom is 0.235 e. The average molecular weight is 329 g/mol. The zero-order valence-corrected chi connectivity index (χ0v) is 14.3. The molecule has 1 aliphatic carbocycles. The highest BCUT2D eigenvalue weighted by Crippen LogP contribution is 2.42. The number of ether oxygens (including phenoxy) is 1. The first-order chi connectivity index (χ1) is 11.2. The molecule has 0 radical (unpaired) electrons. The number of thiophene rings is 1. The molecule has 23 heavy (non-hydrogen) atoms. The number of hydrogen-bond acceptors (Lipinski definition) is 3. The Labute approximate surface area is 141 Å². The second kappa shape index (κ2) is 7.28. The van der Waals surface area contributed by atoms with Gasteiger partial charge in [0, 0.05) is 17.7 Å². The smallest absolute Gasteiger partial charge is 0.235 e. The summed E-state index contributed by atoms with van der Waals surface area (Å²) in [5.74, 6) is 0.134. The van der Waals surface area contributed by atoms with E-state index in [4.69, 9.17) is 4.74 Å². The molecule has 0 atom stereocenters. The lowest BCUT2D eigenvalue weighted by atomic mass is 9.72. The molecule has 4 heteroatoms. The maximum atomic E-state index is 13.1. The third-order valence-electron chi connectivity index (χ3n) is 4.63. The van der Waals surface area contributed by atoms with Gasteiger partial charge in [-0.2, -0.15) is 0 Å². The van der Waals surface area contributed by atoms with Crippen LogP contribution in [-0.4, -0.2) is 13.0 Å². The summed E-state index contributed by atoms with van der Waals surface area (Å²) in [5.41, 5.74) is 1.56. The number of carbonyl (C=O) groups is 1. The Bertz CT molecular complexity index is 645. The molecule has 0 unspecified atom stereocenters. The molecular weight excluding hydrogens is 306 g/mol. The van der Waals surface area contributed by atoms with Crippen LogP contribution in [0.25, 0.3) is 0 Å². The van der Waals surface area contributed by atoms with E-state index >= 15 is 0 Å². The van der Waals surface area contributed by atoms with Crippen molar-refractivity contribution >= 4 is 22.9 Å². The number of methoxy groups -OCH3 is 1. The molecule has 1 N–H and O–H groups in total. The van der Waals surface area contributed by atoms with Gasteiger partial charge >= 0.3 is 0 Å². The van der Waals surface area contributed by atoms with Crippen LogP contribution >= 0.6 is 11.3 Å². The van der Waals surface area contributed by atoms with Crippen LogP contribution in [0.2, 0.25) is 0 Å². The third-order valence-corrected chi connectivity index (χ3v) is 5.70. The molecule has 3 rings (SSSR count). The first kappa shape index (κ1) is 16.2. The van der Waals surface area contributed by atoms with Gasteiger partial charge in [0.25, 0.3) is 0 Å². The van der Waals surface area contributed by atoms with Crippen LogP contribution in [0.5, 0.6) is 0 Å². The number of rotatable bonds is 5. The minimum atomic E-state index is -0.357. The zero-order chi connectivity index (χ0) is 16.1. The first-order valence-corrected chi connectivity index (χ1v) is 9.06. The quantitative estimate of drug-likeness (QED) is 0.861. The van der Waals surface area contributed by atoms with Crippen molar-refractivity contribution < 1.29 is 9.53 Å². The summed E-state index contributed by atoms with van der Waals surface area (Å²) < 4.78 is 5.17. The topological polar surface area (TPSA) is 38.3 Å². The van der Waals surface area contributed by atoms with Crippen molar-refractivity contribution in [2.45, 2.75) is 44.1 Å². The number of hydrogen-bond donors (Lipinski definition) is 1. The van der Waals surface area contributed by atoms with E-state index in [1.165, 1.54) is 11.3 Å². The van der Waals surface area contributed by atoms with Gasteiger partial charge in [-0.1, -0.05) is 37.5 Å². The Morgan fingerprint density at radius 1 is 1.22 bits per heavy atom. The maximum absolute atomic E-state index is 13.1. The van der Waals surface area contributed by atoms with Crippen molar-refractivity contribution in [3.8, 4) is 0 Å².